The zero-order chi connectivity index (χ0) is 19.8. The highest BCUT2D eigenvalue weighted by Gasteiger charge is 2.49. The van der Waals surface area contributed by atoms with Gasteiger partial charge in [0.15, 0.2) is 0 Å². The first-order valence-electron chi connectivity index (χ1n) is 9.48. The van der Waals surface area contributed by atoms with E-state index in [-0.39, 0.29) is 12.1 Å². The van der Waals surface area contributed by atoms with E-state index in [1.54, 1.807) is 12.4 Å². The summed E-state index contributed by atoms with van der Waals surface area (Å²) in [5.74, 6) is 6.93. The highest BCUT2D eigenvalue weighted by Crippen LogP contribution is 2.46. The second kappa shape index (κ2) is 7.46. The van der Waals surface area contributed by atoms with Gasteiger partial charge in [-0.05, 0) is 19.8 Å². The zero-order valence-electron chi connectivity index (χ0n) is 16.3. The van der Waals surface area contributed by atoms with E-state index >= 15 is 0 Å². The van der Waals surface area contributed by atoms with Crippen LogP contribution < -0.4 is 4.74 Å². The average Bonchev–Trinajstić information content (AvgIpc) is 2.98. The van der Waals surface area contributed by atoms with E-state index in [1.165, 1.54) is 18.7 Å². The molecule has 0 spiro atoms. The molecule has 146 valence electrons. The van der Waals surface area contributed by atoms with Crippen molar-refractivity contribution in [1.29, 1.82) is 0 Å². The van der Waals surface area contributed by atoms with E-state index in [0.29, 0.717) is 30.2 Å². The molecule has 3 heterocycles. The fourth-order valence-electron chi connectivity index (χ4n) is 3.42. The van der Waals surface area contributed by atoms with Gasteiger partial charge in [-0.15, -0.1) is 0 Å². The van der Waals surface area contributed by atoms with Crippen LogP contribution in [0.25, 0.3) is 0 Å². The van der Waals surface area contributed by atoms with Crippen molar-refractivity contribution in [3.8, 4) is 17.6 Å². The molecule has 3 atom stereocenters. The maximum absolute atomic E-state index is 13.3. The predicted molar refractivity (Wildman–Crippen MR) is 98.5 cm³/mol. The Morgan fingerprint density at radius 1 is 1.44 bits per heavy atom. The lowest BCUT2D eigenvalue weighted by Crippen LogP contribution is -2.44. The number of hydrogen-bond acceptors (Lipinski definition) is 3. The third-order valence-electron chi connectivity index (χ3n) is 5.56. The molecule has 27 heavy (non-hydrogen) atoms. The van der Waals surface area contributed by atoms with Crippen molar-refractivity contribution in [3.05, 3.63) is 23.5 Å². The molecule has 0 saturated carbocycles. The van der Waals surface area contributed by atoms with Gasteiger partial charge in [-0.3, -0.25) is 9.78 Å². The molecule has 4 nitrogen and oxygen atoms in total. The fraction of sp³-hybridized carbons (Fsp3) is 0.619. The highest BCUT2D eigenvalue weighted by molar-refractivity contribution is 5.83. The van der Waals surface area contributed by atoms with Gasteiger partial charge in [0, 0.05) is 30.8 Å². The molecule has 1 amide bonds. The Morgan fingerprint density at radius 2 is 2.19 bits per heavy atom. The molecule has 1 saturated heterocycles. The minimum absolute atomic E-state index is 0.197. The first-order valence-corrected chi connectivity index (χ1v) is 9.48. The van der Waals surface area contributed by atoms with Gasteiger partial charge in [-0.25, -0.2) is 8.78 Å². The van der Waals surface area contributed by atoms with Crippen LogP contribution in [0, 0.1) is 23.2 Å². The molecular weight excluding hydrogens is 350 g/mol. The maximum Gasteiger partial charge on any atom is 0.252 e. The van der Waals surface area contributed by atoms with Gasteiger partial charge < -0.3 is 9.64 Å². The fourth-order valence-corrected chi connectivity index (χ4v) is 3.42. The van der Waals surface area contributed by atoms with Crippen molar-refractivity contribution in [2.45, 2.75) is 65.5 Å². The van der Waals surface area contributed by atoms with E-state index < -0.39 is 17.7 Å². The molecule has 1 aromatic rings. The number of halogens is 2. The van der Waals surface area contributed by atoms with Crippen LogP contribution in [0.2, 0.25) is 0 Å². The largest absolute Gasteiger partial charge is 0.487 e. The van der Waals surface area contributed by atoms with Crippen LogP contribution in [0.1, 0.15) is 64.1 Å². The lowest BCUT2D eigenvalue weighted by Gasteiger charge is -2.32. The number of amides is 1. The summed E-state index contributed by atoms with van der Waals surface area (Å²) >= 11 is 0. The van der Waals surface area contributed by atoms with Gasteiger partial charge in [-0.2, -0.15) is 0 Å². The predicted octanol–water partition coefficient (Wildman–Crippen LogP) is 4.20. The van der Waals surface area contributed by atoms with Gasteiger partial charge in [0.05, 0.1) is 18.2 Å². The number of fused-ring (bicyclic) bond motifs is 4. The number of carbonyl (C=O) groups is 1. The van der Waals surface area contributed by atoms with Gasteiger partial charge >= 0.3 is 0 Å². The van der Waals surface area contributed by atoms with Gasteiger partial charge in [0.2, 0.25) is 5.91 Å². The number of rotatable bonds is 4. The topological polar surface area (TPSA) is 42.4 Å². The second-order valence-corrected chi connectivity index (χ2v) is 8.10. The summed E-state index contributed by atoms with van der Waals surface area (Å²) in [5, 5.41) is 0. The number of alkyl halides is 2. The monoisotopic (exact) mass is 376 g/mol. The molecule has 6 heteroatoms. The first kappa shape index (κ1) is 19.6. The Morgan fingerprint density at radius 3 is 2.85 bits per heavy atom. The Bertz CT molecular complexity index is 782. The molecule has 0 radical (unpaired) electrons. The molecule has 2 aliphatic rings. The summed E-state index contributed by atoms with van der Waals surface area (Å²) in [6.45, 7) is 7.18. The van der Waals surface area contributed by atoms with Gasteiger partial charge in [0.25, 0.3) is 6.43 Å². The number of likely N-dealkylation sites (tertiary alicyclic amines) is 1. The van der Waals surface area contributed by atoms with Crippen LogP contribution >= 0.6 is 0 Å². The molecule has 1 fully saturated rings. The van der Waals surface area contributed by atoms with Crippen LogP contribution in [0.15, 0.2) is 12.4 Å². The first-order chi connectivity index (χ1) is 12.8. The van der Waals surface area contributed by atoms with Gasteiger partial charge in [-0.1, -0.05) is 32.1 Å². The van der Waals surface area contributed by atoms with Crippen molar-refractivity contribution in [1.82, 2.24) is 9.88 Å². The molecule has 0 aliphatic carbocycles. The Kier molecular flexibility index (Phi) is 5.41. The van der Waals surface area contributed by atoms with Crippen LogP contribution in [0.5, 0.6) is 5.75 Å². The SMILES string of the molecule is CC[C@H](C)CC#Cc1cncc2c1O[C@H]1C[C@@H]2N(C(=O)C(C)(C)C(F)F)C1. The molecule has 0 aromatic carbocycles. The van der Waals surface area contributed by atoms with Crippen molar-refractivity contribution in [2.24, 2.45) is 11.3 Å². The second-order valence-electron chi connectivity index (χ2n) is 8.10. The molecule has 3 rings (SSSR count). The van der Waals surface area contributed by atoms with E-state index in [0.717, 1.165) is 18.4 Å². The van der Waals surface area contributed by atoms with E-state index in [9.17, 15) is 13.6 Å². The number of nitrogens with zero attached hydrogens (tertiary/aromatic N) is 2. The summed E-state index contributed by atoms with van der Waals surface area (Å²) in [7, 11) is 0. The number of pyridine rings is 1. The maximum atomic E-state index is 13.3. The smallest absolute Gasteiger partial charge is 0.252 e. The third kappa shape index (κ3) is 3.65. The van der Waals surface area contributed by atoms with Crippen molar-refractivity contribution in [3.63, 3.8) is 0 Å². The van der Waals surface area contributed by atoms with Crippen LogP contribution in [-0.4, -0.2) is 34.9 Å². The normalized spacial score (nSPS) is 22.0. The standard InChI is InChI=1S/C21H26F2N2O2/c1-5-13(2)7-6-8-14-10-24-11-16-17-9-15(27-18(14)16)12-25(17)20(26)21(3,4)19(22)23/h10-11,13,15,17,19H,5,7,9,12H2,1-4H3/t13-,15-,17-/m0/s1. The summed E-state index contributed by atoms with van der Waals surface area (Å²) in [4.78, 5) is 18.6. The summed E-state index contributed by atoms with van der Waals surface area (Å²) in [5.41, 5.74) is -0.260. The Balaban J connectivity index is 1.89. The quantitative estimate of drug-likeness (QED) is 0.740. The summed E-state index contributed by atoms with van der Waals surface area (Å²) < 4.78 is 32.8. The minimum atomic E-state index is -2.72. The lowest BCUT2D eigenvalue weighted by molar-refractivity contribution is -0.149. The minimum Gasteiger partial charge on any atom is -0.487 e. The lowest BCUT2D eigenvalue weighted by atomic mass is 9.91. The van der Waals surface area contributed by atoms with Crippen LogP contribution in [0.4, 0.5) is 8.78 Å². The molecule has 2 bridgehead atoms. The Labute approximate surface area is 159 Å². The number of aromatic nitrogens is 1. The highest BCUT2D eigenvalue weighted by atomic mass is 19.3. The Hall–Kier alpha value is -2.16. The van der Waals surface area contributed by atoms with E-state index in [2.05, 4.69) is 30.7 Å². The molecule has 1 aromatic heterocycles. The number of carbonyl (C=O) groups excluding carboxylic acids is 1. The van der Waals surface area contributed by atoms with Gasteiger partial charge in [0.1, 0.15) is 17.3 Å². The van der Waals surface area contributed by atoms with Crippen LogP contribution in [0.3, 0.4) is 0 Å². The van der Waals surface area contributed by atoms with Crippen molar-refractivity contribution in [2.75, 3.05) is 6.54 Å². The van der Waals surface area contributed by atoms with E-state index in [1.807, 2.05) is 0 Å². The number of ether oxygens (including phenoxy) is 1. The van der Waals surface area contributed by atoms with Crippen molar-refractivity contribution >= 4 is 5.91 Å². The van der Waals surface area contributed by atoms with E-state index in [4.69, 9.17) is 4.74 Å². The third-order valence-corrected chi connectivity index (χ3v) is 5.56. The molecule has 0 unspecified atom stereocenters. The number of hydrogen-bond donors (Lipinski definition) is 0. The summed E-state index contributed by atoms with van der Waals surface area (Å²) in [6.07, 6.45) is 2.87. The summed E-state index contributed by atoms with van der Waals surface area (Å²) in [6, 6.07) is -0.284. The average molecular weight is 376 g/mol. The van der Waals surface area contributed by atoms with Crippen molar-refractivity contribution < 1.29 is 18.3 Å². The molecule has 0 N–H and O–H groups in total. The zero-order valence-corrected chi connectivity index (χ0v) is 16.3. The van der Waals surface area contributed by atoms with Crippen LogP contribution in [-0.2, 0) is 4.79 Å². The molecular formula is C21H26F2N2O2. The molecule has 2 aliphatic heterocycles.